The molecule has 6 heteroatoms. The van der Waals surface area contributed by atoms with Gasteiger partial charge in [0, 0.05) is 18.2 Å². The van der Waals surface area contributed by atoms with E-state index in [0.29, 0.717) is 22.6 Å². The van der Waals surface area contributed by atoms with Gasteiger partial charge >= 0.3 is 0 Å². The number of ether oxygens (including phenoxy) is 2. The van der Waals surface area contributed by atoms with Gasteiger partial charge in [-0.05, 0) is 69.3 Å². The van der Waals surface area contributed by atoms with Crippen molar-refractivity contribution >= 4 is 11.8 Å². The summed E-state index contributed by atoms with van der Waals surface area (Å²) < 4.78 is 10.3. The molecule has 0 aliphatic carbocycles. The van der Waals surface area contributed by atoms with Gasteiger partial charge in [0.15, 0.2) is 0 Å². The molecule has 2 aromatic rings. The molecule has 0 heterocycles. The van der Waals surface area contributed by atoms with Crippen LogP contribution >= 0.6 is 0 Å². The Morgan fingerprint density at radius 3 is 1.44 bits per heavy atom. The van der Waals surface area contributed by atoms with Gasteiger partial charge in [-0.3, -0.25) is 9.59 Å². The van der Waals surface area contributed by atoms with Crippen molar-refractivity contribution in [2.24, 2.45) is 0 Å². The average molecular weight is 370 g/mol. The zero-order valence-electron chi connectivity index (χ0n) is 16.6. The third kappa shape index (κ3) is 4.58. The van der Waals surface area contributed by atoms with Crippen LogP contribution in [0.1, 0.15) is 41.5 Å². The first-order chi connectivity index (χ1) is 12.7. The summed E-state index contributed by atoms with van der Waals surface area (Å²) >= 11 is 0. The van der Waals surface area contributed by atoms with Crippen molar-refractivity contribution in [2.75, 3.05) is 21.3 Å². The number of hydrogen-bond acceptors (Lipinski definition) is 4. The van der Waals surface area contributed by atoms with Crippen molar-refractivity contribution in [2.45, 2.75) is 26.3 Å². The predicted molar refractivity (Wildman–Crippen MR) is 104 cm³/mol. The van der Waals surface area contributed by atoms with Gasteiger partial charge < -0.3 is 9.47 Å². The lowest BCUT2D eigenvalue weighted by Gasteiger charge is -2.41. The number of hydrazine groups is 1. The number of benzene rings is 2. The number of methoxy groups -OCH3 is 2. The van der Waals surface area contributed by atoms with Gasteiger partial charge in [0.05, 0.1) is 19.8 Å². The molecular weight excluding hydrogens is 344 g/mol. The first kappa shape index (κ1) is 20.3. The van der Waals surface area contributed by atoms with Crippen LogP contribution in [0.4, 0.5) is 0 Å². The highest BCUT2D eigenvalue weighted by atomic mass is 16.5. The molecule has 0 saturated heterocycles. The number of amides is 2. The van der Waals surface area contributed by atoms with Crippen LogP contribution in [0, 0.1) is 0 Å². The van der Waals surface area contributed by atoms with Crippen LogP contribution in [0.15, 0.2) is 48.5 Å². The molecule has 0 saturated carbocycles. The standard InChI is InChI=1S/C21H26N2O4/c1-21(2,3)23(20(25)16-9-13-18(27-6)14-10-16)22(4)19(24)15-7-11-17(26-5)12-8-15/h7-14H,1-6H3. The molecule has 144 valence electrons. The van der Waals surface area contributed by atoms with Gasteiger partial charge in [0.1, 0.15) is 11.5 Å². The molecule has 0 spiro atoms. The normalized spacial score (nSPS) is 10.9. The van der Waals surface area contributed by atoms with Crippen LogP contribution in [0.5, 0.6) is 11.5 Å². The molecule has 0 bridgehead atoms. The van der Waals surface area contributed by atoms with Crippen LogP contribution in [0.2, 0.25) is 0 Å². The van der Waals surface area contributed by atoms with E-state index in [2.05, 4.69) is 0 Å². The summed E-state index contributed by atoms with van der Waals surface area (Å²) in [7, 11) is 4.73. The van der Waals surface area contributed by atoms with E-state index < -0.39 is 5.54 Å². The summed E-state index contributed by atoms with van der Waals surface area (Å²) in [4.78, 5) is 26.1. The van der Waals surface area contributed by atoms with E-state index in [4.69, 9.17) is 9.47 Å². The summed E-state index contributed by atoms with van der Waals surface area (Å²) in [6.07, 6.45) is 0. The molecule has 0 unspecified atom stereocenters. The van der Waals surface area contributed by atoms with Crippen LogP contribution < -0.4 is 9.47 Å². The Bertz CT molecular complexity index is 792. The van der Waals surface area contributed by atoms with Crippen LogP contribution in [-0.4, -0.2) is 48.6 Å². The average Bonchev–Trinajstić information content (AvgIpc) is 2.66. The lowest BCUT2D eigenvalue weighted by atomic mass is 10.1. The van der Waals surface area contributed by atoms with E-state index in [-0.39, 0.29) is 11.8 Å². The predicted octanol–water partition coefficient (Wildman–Crippen LogP) is 3.63. The minimum atomic E-state index is -0.603. The molecule has 6 nitrogen and oxygen atoms in total. The number of nitrogens with zero attached hydrogens (tertiary/aromatic N) is 2. The van der Waals surface area contributed by atoms with Gasteiger partial charge in [-0.25, -0.2) is 10.0 Å². The van der Waals surface area contributed by atoms with Crippen molar-refractivity contribution in [1.29, 1.82) is 0 Å². The second-order valence-electron chi connectivity index (χ2n) is 7.07. The van der Waals surface area contributed by atoms with Crippen LogP contribution in [-0.2, 0) is 0 Å². The molecule has 2 aromatic carbocycles. The fraction of sp³-hybridized carbons (Fsp3) is 0.333. The molecule has 0 radical (unpaired) electrons. The molecule has 0 aliphatic rings. The van der Waals surface area contributed by atoms with Crippen molar-refractivity contribution in [3.8, 4) is 11.5 Å². The zero-order valence-corrected chi connectivity index (χ0v) is 16.6. The summed E-state index contributed by atoms with van der Waals surface area (Å²) in [6.45, 7) is 5.64. The zero-order chi connectivity index (χ0) is 20.2. The highest BCUT2D eigenvalue weighted by molar-refractivity contribution is 5.99. The Kier molecular flexibility index (Phi) is 6.10. The molecular formula is C21H26N2O4. The molecule has 2 rings (SSSR count). The maximum atomic E-state index is 13.1. The van der Waals surface area contributed by atoms with E-state index in [1.165, 1.54) is 10.0 Å². The maximum Gasteiger partial charge on any atom is 0.272 e. The fourth-order valence-electron chi connectivity index (χ4n) is 2.76. The van der Waals surface area contributed by atoms with E-state index in [1.54, 1.807) is 69.8 Å². The fourth-order valence-corrected chi connectivity index (χ4v) is 2.76. The second kappa shape index (κ2) is 8.12. The Morgan fingerprint density at radius 1 is 0.741 bits per heavy atom. The molecule has 0 aliphatic heterocycles. The SMILES string of the molecule is COc1ccc(C(=O)N(C)N(C(=O)c2ccc(OC)cc2)C(C)(C)C)cc1. The quantitative estimate of drug-likeness (QED) is 0.771. The van der Waals surface area contributed by atoms with Crippen molar-refractivity contribution < 1.29 is 19.1 Å². The smallest absolute Gasteiger partial charge is 0.272 e. The summed E-state index contributed by atoms with van der Waals surface area (Å²) in [5.41, 5.74) is 0.337. The van der Waals surface area contributed by atoms with Gasteiger partial charge in [-0.15, -0.1) is 0 Å². The molecule has 0 fully saturated rings. The van der Waals surface area contributed by atoms with Gasteiger partial charge in [-0.1, -0.05) is 0 Å². The Labute approximate surface area is 160 Å². The second-order valence-corrected chi connectivity index (χ2v) is 7.07. The minimum Gasteiger partial charge on any atom is -0.497 e. The van der Waals surface area contributed by atoms with E-state index in [9.17, 15) is 9.59 Å². The minimum absolute atomic E-state index is 0.269. The number of carbonyl (C=O) groups is 2. The van der Waals surface area contributed by atoms with Gasteiger partial charge in [0.25, 0.3) is 11.8 Å². The molecule has 0 atom stereocenters. The lowest BCUT2D eigenvalue weighted by Crippen LogP contribution is -2.56. The molecule has 2 amide bonds. The highest BCUT2D eigenvalue weighted by Gasteiger charge is 2.34. The summed E-state index contributed by atoms with van der Waals surface area (Å²) in [5, 5.41) is 2.82. The largest absolute Gasteiger partial charge is 0.497 e. The Balaban J connectivity index is 2.33. The molecule has 27 heavy (non-hydrogen) atoms. The number of rotatable bonds is 4. The van der Waals surface area contributed by atoms with E-state index >= 15 is 0 Å². The topological polar surface area (TPSA) is 59.1 Å². The van der Waals surface area contributed by atoms with Gasteiger partial charge in [0.2, 0.25) is 0 Å². The van der Waals surface area contributed by atoms with Crippen molar-refractivity contribution in [3.63, 3.8) is 0 Å². The van der Waals surface area contributed by atoms with Crippen LogP contribution in [0.25, 0.3) is 0 Å². The molecule has 0 N–H and O–H groups in total. The van der Waals surface area contributed by atoms with Crippen molar-refractivity contribution in [1.82, 2.24) is 10.0 Å². The maximum absolute atomic E-state index is 13.1. The summed E-state index contributed by atoms with van der Waals surface area (Å²) in [6, 6.07) is 13.6. The highest BCUT2D eigenvalue weighted by Crippen LogP contribution is 2.23. The Morgan fingerprint density at radius 2 is 1.11 bits per heavy atom. The van der Waals surface area contributed by atoms with Crippen LogP contribution in [0.3, 0.4) is 0 Å². The number of carbonyl (C=O) groups excluding carboxylic acids is 2. The Hall–Kier alpha value is -3.02. The monoisotopic (exact) mass is 370 g/mol. The molecule has 0 aromatic heterocycles. The van der Waals surface area contributed by atoms with Crippen molar-refractivity contribution in [3.05, 3.63) is 59.7 Å². The van der Waals surface area contributed by atoms with E-state index in [0.717, 1.165) is 0 Å². The first-order valence-electron chi connectivity index (χ1n) is 8.59. The van der Waals surface area contributed by atoms with E-state index in [1.807, 2.05) is 20.8 Å². The lowest BCUT2D eigenvalue weighted by molar-refractivity contribution is -0.0308. The first-order valence-corrected chi connectivity index (χ1v) is 8.59. The third-order valence-electron chi connectivity index (χ3n) is 4.10. The number of hydrogen-bond donors (Lipinski definition) is 0. The third-order valence-corrected chi connectivity index (χ3v) is 4.10. The summed E-state index contributed by atoms with van der Waals surface area (Å²) in [5.74, 6) is 0.775. The van der Waals surface area contributed by atoms with Gasteiger partial charge in [-0.2, -0.15) is 0 Å².